The van der Waals surface area contributed by atoms with Crippen LogP contribution in [0.2, 0.25) is 0 Å². The highest BCUT2D eigenvalue weighted by Crippen LogP contribution is 2.17. The predicted octanol–water partition coefficient (Wildman–Crippen LogP) is 2.94. The van der Waals surface area contributed by atoms with E-state index in [-0.39, 0.29) is 0 Å². The molecule has 3 nitrogen and oxygen atoms in total. The SMILES string of the molecule is COc1ccc(C(C)NCc2cccnc2)cc1. The van der Waals surface area contributed by atoms with E-state index in [1.807, 2.05) is 24.4 Å². The number of benzene rings is 1. The molecule has 18 heavy (non-hydrogen) atoms. The molecule has 0 bridgehead atoms. The lowest BCUT2D eigenvalue weighted by Gasteiger charge is -2.14. The first-order valence-corrected chi connectivity index (χ1v) is 6.06. The quantitative estimate of drug-likeness (QED) is 0.875. The summed E-state index contributed by atoms with van der Waals surface area (Å²) in [6.45, 7) is 2.97. The molecule has 1 aromatic heterocycles. The second-order valence-electron chi connectivity index (χ2n) is 4.24. The van der Waals surface area contributed by atoms with Crippen molar-refractivity contribution in [3.05, 3.63) is 59.9 Å². The van der Waals surface area contributed by atoms with Crippen LogP contribution in [0.15, 0.2) is 48.8 Å². The Balaban J connectivity index is 1.93. The highest BCUT2D eigenvalue weighted by molar-refractivity contribution is 5.28. The molecule has 1 N–H and O–H groups in total. The predicted molar refractivity (Wildman–Crippen MR) is 72.5 cm³/mol. The zero-order chi connectivity index (χ0) is 12.8. The van der Waals surface area contributed by atoms with Crippen LogP contribution in [0.25, 0.3) is 0 Å². The lowest BCUT2D eigenvalue weighted by molar-refractivity contribution is 0.414. The monoisotopic (exact) mass is 242 g/mol. The smallest absolute Gasteiger partial charge is 0.118 e. The van der Waals surface area contributed by atoms with Gasteiger partial charge in [0.1, 0.15) is 5.75 Å². The van der Waals surface area contributed by atoms with Gasteiger partial charge in [0.2, 0.25) is 0 Å². The minimum absolute atomic E-state index is 0.302. The molecule has 3 heteroatoms. The summed E-state index contributed by atoms with van der Waals surface area (Å²) in [6, 6.07) is 12.5. The Kier molecular flexibility index (Phi) is 4.31. The van der Waals surface area contributed by atoms with Gasteiger partial charge in [-0.1, -0.05) is 18.2 Å². The van der Waals surface area contributed by atoms with Crippen LogP contribution < -0.4 is 10.1 Å². The van der Waals surface area contributed by atoms with Crippen LogP contribution in [-0.4, -0.2) is 12.1 Å². The molecule has 0 saturated heterocycles. The Morgan fingerprint density at radius 2 is 2.00 bits per heavy atom. The van der Waals surface area contributed by atoms with Crippen molar-refractivity contribution in [2.24, 2.45) is 0 Å². The van der Waals surface area contributed by atoms with E-state index in [0.29, 0.717) is 6.04 Å². The van der Waals surface area contributed by atoms with Gasteiger partial charge >= 0.3 is 0 Å². The number of hydrogen-bond donors (Lipinski definition) is 1. The lowest BCUT2D eigenvalue weighted by Crippen LogP contribution is -2.18. The van der Waals surface area contributed by atoms with E-state index < -0.39 is 0 Å². The third-order valence-corrected chi connectivity index (χ3v) is 2.95. The molecule has 0 spiro atoms. The zero-order valence-electron chi connectivity index (χ0n) is 10.8. The van der Waals surface area contributed by atoms with Gasteiger partial charge in [0.15, 0.2) is 0 Å². The fourth-order valence-corrected chi connectivity index (χ4v) is 1.78. The van der Waals surface area contributed by atoms with E-state index in [9.17, 15) is 0 Å². The molecule has 0 aliphatic rings. The van der Waals surface area contributed by atoms with Gasteiger partial charge in [0.25, 0.3) is 0 Å². The minimum Gasteiger partial charge on any atom is -0.497 e. The molecule has 0 aliphatic heterocycles. The van der Waals surface area contributed by atoms with Gasteiger partial charge in [-0.3, -0.25) is 4.98 Å². The molecular weight excluding hydrogens is 224 g/mol. The first kappa shape index (κ1) is 12.6. The molecule has 1 unspecified atom stereocenters. The number of rotatable bonds is 5. The van der Waals surface area contributed by atoms with Crippen molar-refractivity contribution in [1.82, 2.24) is 10.3 Å². The van der Waals surface area contributed by atoms with Crippen LogP contribution in [0.4, 0.5) is 0 Å². The number of methoxy groups -OCH3 is 1. The van der Waals surface area contributed by atoms with Crippen LogP contribution >= 0.6 is 0 Å². The number of hydrogen-bond acceptors (Lipinski definition) is 3. The maximum absolute atomic E-state index is 5.15. The number of ether oxygens (including phenoxy) is 1. The molecule has 0 amide bonds. The standard InChI is InChI=1S/C15H18N2O/c1-12(14-5-7-15(18-2)8-6-14)17-11-13-4-3-9-16-10-13/h3-10,12,17H,11H2,1-2H3. The summed E-state index contributed by atoms with van der Waals surface area (Å²) in [6.07, 6.45) is 3.67. The van der Waals surface area contributed by atoms with E-state index in [0.717, 1.165) is 12.3 Å². The summed E-state index contributed by atoms with van der Waals surface area (Å²) in [4.78, 5) is 4.10. The maximum atomic E-state index is 5.15. The van der Waals surface area contributed by atoms with Crippen molar-refractivity contribution in [3.8, 4) is 5.75 Å². The van der Waals surface area contributed by atoms with Crippen LogP contribution in [0, 0.1) is 0 Å². The summed E-state index contributed by atoms with van der Waals surface area (Å²) in [5.41, 5.74) is 2.44. The van der Waals surface area contributed by atoms with Crippen LogP contribution in [-0.2, 0) is 6.54 Å². The summed E-state index contributed by atoms with van der Waals surface area (Å²) in [5.74, 6) is 0.887. The highest BCUT2D eigenvalue weighted by Gasteiger charge is 2.04. The minimum atomic E-state index is 0.302. The normalized spacial score (nSPS) is 12.1. The molecule has 0 fully saturated rings. The van der Waals surface area contributed by atoms with Gasteiger partial charge in [-0.25, -0.2) is 0 Å². The Hall–Kier alpha value is -1.87. The van der Waals surface area contributed by atoms with Gasteiger partial charge in [-0.15, -0.1) is 0 Å². The Labute approximate surface area is 108 Å². The second kappa shape index (κ2) is 6.17. The van der Waals surface area contributed by atoms with Crippen molar-refractivity contribution >= 4 is 0 Å². The zero-order valence-corrected chi connectivity index (χ0v) is 10.8. The molecule has 1 aromatic carbocycles. The fraction of sp³-hybridized carbons (Fsp3) is 0.267. The summed E-state index contributed by atoms with van der Waals surface area (Å²) < 4.78 is 5.15. The number of nitrogens with one attached hydrogen (secondary N) is 1. The van der Waals surface area contributed by atoms with Crippen LogP contribution in [0.3, 0.4) is 0 Å². The Bertz CT molecular complexity index is 468. The average molecular weight is 242 g/mol. The van der Waals surface area contributed by atoms with E-state index in [4.69, 9.17) is 4.74 Å². The number of nitrogens with zero attached hydrogens (tertiary/aromatic N) is 1. The van der Waals surface area contributed by atoms with E-state index >= 15 is 0 Å². The van der Waals surface area contributed by atoms with Gasteiger partial charge in [0.05, 0.1) is 7.11 Å². The lowest BCUT2D eigenvalue weighted by atomic mass is 10.1. The molecular formula is C15H18N2O. The largest absolute Gasteiger partial charge is 0.497 e. The van der Waals surface area contributed by atoms with Gasteiger partial charge in [0, 0.05) is 25.0 Å². The number of aromatic nitrogens is 1. The molecule has 0 radical (unpaired) electrons. The molecule has 1 heterocycles. The Morgan fingerprint density at radius 3 is 2.61 bits per heavy atom. The topological polar surface area (TPSA) is 34.1 Å². The second-order valence-corrected chi connectivity index (χ2v) is 4.24. The van der Waals surface area contributed by atoms with Crippen LogP contribution in [0.1, 0.15) is 24.1 Å². The molecule has 0 saturated carbocycles. The molecule has 2 rings (SSSR count). The third kappa shape index (κ3) is 3.31. The van der Waals surface area contributed by atoms with Crippen molar-refractivity contribution in [1.29, 1.82) is 0 Å². The van der Waals surface area contributed by atoms with Crippen molar-refractivity contribution < 1.29 is 4.74 Å². The van der Waals surface area contributed by atoms with Crippen LogP contribution in [0.5, 0.6) is 5.75 Å². The average Bonchev–Trinajstić information content (AvgIpc) is 2.46. The first-order valence-electron chi connectivity index (χ1n) is 6.06. The molecule has 2 aromatic rings. The summed E-state index contributed by atoms with van der Waals surface area (Å²) >= 11 is 0. The Morgan fingerprint density at radius 1 is 1.22 bits per heavy atom. The van der Waals surface area contributed by atoms with E-state index in [1.54, 1.807) is 13.3 Å². The first-order chi connectivity index (χ1) is 8.79. The molecule has 0 aliphatic carbocycles. The summed E-state index contributed by atoms with van der Waals surface area (Å²) in [7, 11) is 1.68. The van der Waals surface area contributed by atoms with Gasteiger partial charge in [-0.05, 0) is 36.2 Å². The third-order valence-electron chi connectivity index (χ3n) is 2.95. The van der Waals surface area contributed by atoms with E-state index in [1.165, 1.54) is 11.1 Å². The molecule has 94 valence electrons. The van der Waals surface area contributed by atoms with Crippen molar-refractivity contribution in [2.75, 3.05) is 7.11 Å². The van der Waals surface area contributed by atoms with Crippen molar-refractivity contribution in [3.63, 3.8) is 0 Å². The van der Waals surface area contributed by atoms with Gasteiger partial charge in [-0.2, -0.15) is 0 Å². The number of pyridine rings is 1. The van der Waals surface area contributed by atoms with Crippen molar-refractivity contribution in [2.45, 2.75) is 19.5 Å². The summed E-state index contributed by atoms with van der Waals surface area (Å²) in [5, 5.41) is 3.47. The molecule has 1 atom stereocenters. The van der Waals surface area contributed by atoms with E-state index in [2.05, 4.69) is 35.4 Å². The fourth-order valence-electron chi connectivity index (χ4n) is 1.78. The van der Waals surface area contributed by atoms with Gasteiger partial charge < -0.3 is 10.1 Å². The highest BCUT2D eigenvalue weighted by atomic mass is 16.5. The maximum Gasteiger partial charge on any atom is 0.118 e.